The molecule has 4 heteroatoms. The molecule has 1 atom stereocenters. The Morgan fingerprint density at radius 1 is 1.14 bits per heavy atom. The summed E-state index contributed by atoms with van der Waals surface area (Å²) in [5.41, 5.74) is -0.0821. The highest BCUT2D eigenvalue weighted by atomic mass is 32.1. The number of amides is 1. The zero-order valence-electron chi connectivity index (χ0n) is 17.0. The average molecular weight is 396 g/mol. The molecule has 0 saturated heterocycles. The van der Waals surface area contributed by atoms with Gasteiger partial charge in [0.05, 0.1) is 5.41 Å². The van der Waals surface area contributed by atoms with Crippen molar-refractivity contribution in [3.63, 3.8) is 0 Å². The van der Waals surface area contributed by atoms with Crippen LogP contribution in [-0.2, 0) is 15.0 Å². The van der Waals surface area contributed by atoms with Gasteiger partial charge in [0.2, 0.25) is 5.91 Å². The fourth-order valence-corrected chi connectivity index (χ4v) is 4.78. The summed E-state index contributed by atoms with van der Waals surface area (Å²) in [5.74, 6) is 0.370. The molecule has 148 valence electrons. The zero-order chi connectivity index (χ0) is 20.2. The van der Waals surface area contributed by atoms with Crippen LogP contribution in [0.15, 0.2) is 60.1 Å². The fourth-order valence-electron chi connectivity index (χ4n) is 3.80. The number of rotatable bonds is 5. The van der Waals surface area contributed by atoms with Gasteiger partial charge in [-0.25, -0.2) is 0 Å². The van der Waals surface area contributed by atoms with Crippen molar-refractivity contribution in [2.45, 2.75) is 58.3 Å². The van der Waals surface area contributed by atoms with Crippen LogP contribution in [0.5, 0.6) is 0 Å². The van der Waals surface area contributed by atoms with Gasteiger partial charge in [-0.3, -0.25) is 14.5 Å². The van der Waals surface area contributed by atoms with Crippen LogP contribution < -0.4 is 4.90 Å². The maximum absolute atomic E-state index is 13.0. The Morgan fingerprint density at radius 3 is 2.50 bits per heavy atom. The Labute approximate surface area is 172 Å². The van der Waals surface area contributed by atoms with Crippen LogP contribution in [0.2, 0.25) is 0 Å². The Morgan fingerprint density at radius 2 is 1.89 bits per heavy atom. The normalized spacial score (nSPS) is 20.5. The monoisotopic (exact) mass is 395 g/mol. The van der Waals surface area contributed by atoms with Gasteiger partial charge in [0.1, 0.15) is 5.78 Å². The molecule has 0 radical (unpaired) electrons. The van der Waals surface area contributed by atoms with Crippen molar-refractivity contribution in [1.82, 2.24) is 0 Å². The summed E-state index contributed by atoms with van der Waals surface area (Å²) in [4.78, 5) is 28.8. The summed E-state index contributed by atoms with van der Waals surface area (Å²) in [6, 6.07) is 13.8. The second kappa shape index (κ2) is 8.44. The van der Waals surface area contributed by atoms with E-state index >= 15 is 0 Å². The van der Waals surface area contributed by atoms with Crippen LogP contribution in [0.3, 0.4) is 0 Å². The number of benzene rings is 1. The molecule has 2 aromatic rings. The van der Waals surface area contributed by atoms with Crippen molar-refractivity contribution in [2.75, 3.05) is 4.90 Å². The Kier molecular flexibility index (Phi) is 6.19. The van der Waals surface area contributed by atoms with E-state index in [0.717, 1.165) is 29.8 Å². The van der Waals surface area contributed by atoms with Crippen molar-refractivity contribution < 1.29 is 9.59 Å². The van der Waals surface area contributed by atoms with Crippen LogP contribution in [-0.4, -0.2) is 11.7 Å². The molecule has 0 N–H and O–H groups in total. The molecule has 1 aliphatic carbocycles. The summed E-state index contributed by atoms with van der Waals surface area (Å²) in [7, 11) is 0. The van der Waals surface area contributed by atoms with Crippen LogP contribution in [0.1, 0.15) is 57.8 Å². The molecule has 0 spiro atoms. The number of hydrogen-bond donors (Lipinski definition) is 0. The third-order valence-corrected chi connectivity index (χ3v) is 6.47. The van der Waals surface area contributed by atoms with E-state index in [2.05, 4.69) is 6.07 Å². The lowest BCUT2D eigenvalue weighted by Gasteiger charge is -2.34. The minimum Gasteiger partial charge on any atom is -0.299 e. The number of para-hydroxylation sites is 1. The van der Waals surface area contributed by atoms with Gasteiger partial charge in [-0.05, 0) is 42.8 Å². The lowest BCUT2D eigenvalue weighted by Crippen LogP contribution is -2.38. The number of carbonyl (C=O) groups is 2. The summed E-state index contributed by atoms with van der Waals surface area (Å²) in [6.07, 6.45) is 8.09. The number of ketones is 1. The Hall–Kier alpha value is -2.20. The van der Waals surface area contributed by atoms with E-state index in [0.29, 0.717) is 18.6 Å². The molecule has 3 nitrogen and oxygen atoms in total. The molecule has 1 fully saturated rings. The second-order valence-corrected chi connectivity index (χ2v) is 9.49. The SMILES string of the molecule is CC(C)(C)C(=O)N(/C=C/C[C@]1(c2cccs2)CCCCC1=O)c1ccccc1. The number of nitrogens with zero attached hydrogens (tertiary/aromatic N) is 1. The van der Waals surface area contributed by atoms with Crippen molar-refractivity contribution in [3.8, 4) is 0 Å². The molecule has 1 aromatic carbocycles. The van der Waals surface area contributed by atoms with E-state index in [-0.39, 0.29) is 5.91 Å². The van der Waals surface area contributed by atoms with Gasteiger partial charge in [-0.15, -0.1) is 11.3 Å². The highest BCUT2D eigenvalue weighted by Gasteiger charge is 2.41. The molecule has 0 unspecified atom stereocenters. The minimum absolute atomic E-state index is 0.0371. The third-order valence-electron chi connectivity index (χ3n) is 5.40. The second-order valence-electron chi connectivity index (χ2n) is 8.54. The predicted octanol–water partition coefficient (Wildman–Crippen LogP) is 6.11. The lowest BCUT2D eigenvalue weighted by molar-refractivity contribution is -0.126. The molecular formula is C24H29NO2S. The number of carbonyl (C=O) groups excluding carboxylic acids is 2. The van der Waals surface area contributed by atoms with Crippen molar-refractivity contribution in [1.29, 1.82) is 0 Å². The zero-order valence-corrected chi connectivity index (χ0v) is 17.8. The molecule has 1 saturated carbocycles. The van der Waals surface area contributed by atoms with E-state index in [1.54, 1.807) is 16.2 Å². The quantitative estimate of drug-likeness (QED) is 0.612. The molecule has 3 rings (SSSR count). The predicted molar refractivity (Wildman–Crippen MR) is 117 cm³/mol. The van der Waals surface area contributed by atoms with Crippen LogP contribution in [0.4, 0.5) is 5.69 Å². The molecule has 1 aromatic heterocycles. The summed E-state index contributed by atoms with van der Waals surface area (Å²) < 4.78 is 0. The fraction of sp³-hybridized carbons (Fsp3) is 0.417. The van der Waals surface area contributed by atoms with Gasteiger partial charge < -0.3 is 0 Å². The van der Waals surface area contributed by atoms with Crippen LogP contribution in [0.25, 0.3) is 0 Å². The summed E-state index contributed by atoms with van der Waals surface area (Å²) in [6.45, 7) is 5.78. The third kappa shape index (κ3) is 4.27. The summed E-state index contributed by atoms with van der Waals surface area (Å²) >= 11 is 1.66. The highest BCUT2D eigenvalue weighted by molar-refractivity contribution is 7.10. The highest BCUT2D eigenvalue weighted by Crippen LogP contribution is 2.42. The topological polar surface area (TPSA) is 37.4 Å². The Bertz CT molecular complexity index is 833. The molecular weight excluding hydrogens is 366 g/mol. The van der Waals surface area contributed by atoms with E-state index in [1.807, 2.05) is 74.8 Å². The smallest absolute Gasteiger partial charge is 0.236 e. The van der Waals surface area contributed by atoms with Gasteiger partial charge >= 0.3 is 0 Å². The molecule has 1 amide bonds. The maximum atomic E-state index is 13.0. The van der Waals surface area contributed by atoms with Gasteiger partial charge in [0, 0.05) is 28.6 Å². The van der Waals surface area contributed by atoms with Crippen LogP contribution >= 0.6 is 11.3 Å². The first-order valence-electron chi connectivity index (χ1n) is 9.97. The van der Waals surface area contributed by atoms with Crippen LogP contribution in [0, 0.1) is 5.41 Å². The van der Waals surface area contributed by atoms with Gasteiger partial charge in [0.25, 0.3) is 0 Å². The lowest BCUT2D eigenvalue weighted by atomic mass is 9.70. The van der Waals surface area contributed by atoms with Gasteiger partial charge in [0.15, 0.2) is 0 Å². The van der Waals surface area contributed by atoms with Gasteiger partial charge in [-0.2, -0.15) is 0 Å². The van der Waals surface area contributed by atoms with E-state index in [4.69, 9.17) is 0 Å². The Balaban J connectivity index is 1.90. The standard InChI is InChI=1S/C24H29NO2S/c1-23(2,3)22(27)25(19-11-5-4-6-12-19)17-10-16-24(21-14-9-18-28-21)15-8-7-13-20(24)26/h4-6,9-12,14,17-18H,7-8,13,15-16H2,1-3H3/b17-10+/t24-/m1/s1. The first-order chi connectivity index (χ1) is 13.3. The number of hydrogen-bond acceptors (Lipinski definition) is 3. The molecule has 0 bridgehead atoms. The van der Waals surface area contributed by atoms with E-state index < -0.39 is 10.8 Å². The van der Waals surface area contributed by atoms with Crippen molar-refractivity contribution >= 4 is 28.7 Å². The average Bonchev–Trinajstić information content (AvgIpc) is 3.21. The number of Topliss-reactive ketones (excluding diaryl/α,β-unsaturated/α-hetero) is 1. The maximum Gasteiger partial charge on any atom is 0.236 e. The molecule has 1 heterocycles. The minimum atomic E-state index is -0.494. The molecule has 28 heavy (non-hydrogen) atoms. The van der Waals surface area contributed by atoms with Crippen molar-refractivity contribution in [3.05, 3.63) is 65.0 Å². The van der Waals surface area contributed by atoms with E-state index in [9.17, 15) is 9.59 Å². The first-order valence-corrected chi connectivity index (χ1v) is 10.9. The van der Waals surface area contributed by atoms with Crippen molar-refractivity contribution in [2.24, 2.45) is 5.41 Å². The molecule has 1 aliphatic rings. The number of anilines is 1. The first kappa shape index (κ1) is 20.5. The van der Waals surface area contributed by atoms with Gasteiger partial charge in [-0.1, -0.05) is 57.5 Å². The number of allylic oxidation sites excluding steroid dienone is 1. The largest absolute Gasteiger partial charge is 0.299 e. The van der Waals surface area contributed by atoms with E-state index in [1.165, 1.54) is 0 Å². The molecule has 0 aliphatic heterocycles. The number of thiophene rings is 1. The summed E-state index contributed by atoms with van der Waals surface area (Å²) in [5, 5.41) is 2.04.